The molecule has 0 aromatic heterocycles. The minimum absolute atomic E-state index is 0.260. The van der Waals surface area contributed by atoms with Crippen LogP contribution in [0.15, 0.2) is 0 Å². The molecule has 0 aromatic carbocycles. The minimum atomic E-state index is -1.66. The van der Waals surface area contributed by atoms with Crippen molar-refractivity contribution >= 4 is 17.1 Å². The molecule has 8 heavy (non-hydrogen) atoms. The Labute approximate surface area is 48.6 Å². The summed E-state index contributed by atoms with van der Waals surface area (Å²) in [4.78, 5) is 10.2. The van der Waals surface area contributed by atoms with E-state index < -0.39 is 17.7 Å². The van der Waals surface area contributed by atoms with E-state index in [4.69, 9.17) is 0 Å². The number of Topliss-reactive ketones (excluding diaryl/α,β-unsaturated/α-hetero) is 1. The first-order valence-corrected chi connectivity index (χ1v) is 2.96. The molecule has 46 valence electrons. The van der Waals surface area contributed by atoms with Crippen LogP contribution in [0.2, 0.25) is 0 Å². The lowest BCUT2D eigenvalue weighted by Gasteiger charge is -2.20. The van der Waals surface area contributed by atoms with Crippen molar-refractivity contribution in [3.63, 3.8) is 0 Å². The summed E-state index contributed by atoms with van der Waals surface area (Å²) in [7, 11) is 0. The molecule has 0 bridgehead atoms. The molecule has 1 aliphatic rings. The quantitative estimate of drug-likeness (QED) is 0.489. The van der Waals surface area contributed by atoms with E-state index in [2.05, 4.69) is 8.37 Å². The highest BCUT2D eigenvalue weighted by Crippen LogP contribution is 2.13. The van der Waals surface area contributed by atoms with Crippen LogP contribution in [0, 0.1) is 0 Å². The molecule has 1 heterocycles. The van der Waals surface area contributed by atoms with Crippen molar-refractivity contribution < 1.29 is 17.4 Å². The van der Waals surface area contributed by atoms with Gasteiger partial charge in [-0.15, -0.1) is 0 Å². The standard InChI is InChI=1S/C3H4O4S/c1-2(4)3-6-8(5)7-3/h3H,1H3. The SMILES string of the molecule is CC(=O)C1OS(=O)O1. The van der Waals surface area contributed by atoms with Crippen molar-refractivity contribution in [1.29, 1.82) is 0 Å². The highest BCUT2D eigenvalue weighted by Gasteiger charge is 2.32. The Bertz CT molecular complexity index is 134. The molecule has 0 radical (unpaired) electrons. The van der Waals surface area contributed by atoms with E-state index >= 15 is 0 Å². The zero-order valence-electron chi connectivity index (χ0n) is 4.12. The molecule has 0 amide bonds. The van der Waals surface area contributed by atoms with Crippen molar-refractivity contribution in [2.45, 2.75) is 13.2 Å². The number of carbonyl (C=O) groups excluding carboxylic acids is 1. The molecular weight excluding hydrogens is 132 g/mol. The van der Waals surface area contributed by atoms with Gasteiger partial charge in [0.25, 0.3) is 6.29 Å². The summed E-state index contributed by atoms with van der Waals surface area (Å²) < 4.78 is 18.5. The van der Waals surface area contributed by atoms with Gasteiger partial charge in [-0.1, -0.05) is 0 Å². The van der Waals surface area contributed by atoms with Gasteiger partial charge in [-0.05, 0) is 6.92 Å². The van der Waals surface area contributed by atoms with Crippen LogP contribution in [0.3, 0.4) is 0 Å². The second kappa shape index (κ2) is 1.93. The van der Waals surface area contributed by atoms with Crippen molar-refractivity contribution in [2.75, 3.05) is 0 Å². The molecule has 5 heteroatoms. The fourth-order valence-corrected chi connectivity index (χ4v) is 0.856. The Morgan fingerprint density at radius 3 is 2.25 bits per heavy atom. The number of hydrogen-bond donors (Lipinski definition) is 0. The van der Waals surface area contributed by atoms with E-state index in [-0.39, 0.29) is 5.78 Å². The highest BCUT2D eigenvalue weighted by atomic mass is 32.2. The zero-order chi connectivity index (χ0) is 6.15. The van der Waals surface area contributed by atoms with Crippen LogP contribution < -0.4 is 0 Å². The van der Waals surface area contributed by atoms with Crippen LogP contribution >= 0.6 is 0 Å². The van der Waals surface area contributed by atoms with E-state index in [1.54, 1.807) is 0 Å². The van der Waals surface area contributed by atoms with Gasteiger partial charge in [-0.3, -0.25) is 4.79 Å². The van der Waals surface area contributed by atoms with Crippen LogP contribution in [0.5, 0.6) is 0 Å². The van der Waals surface area contributed by atoms with E-state index in [0.717, 1.165) is 0 Å². The highest BCUT2D eigenvalue weighted by molar-refractivity contribution is 7.76. The van der Waals surface area contributed by atoms with Gasteiger partial charge in [-0.25, -0.2) is 8.37 Å². The average Bonchev–Trinajstić information content (AvgIpc) is 1.57. The fourth-order valence-electron chi connectivity index (χ4n) is 0.285. The third kappa shape index (κ3) is 0.936. The molecule has 0 saturated carbocycles. The monoisotopic (exact) mass is 136 g/mol. The van der Waals surface area contributed by atoms with Crippen LogP contribution in [0.25, 0.3) is 0 Å². The van der Waals surface area contributed by atoms with Crippen LogP contribution in [-0.4, -0.2) is 16.3 Å². The first-order chi connectivity index (χ1) is 3.70. The zero-order valence-corrected chi connectivity index (χ0v) is 4.94. The van der Waals surface area contributed by atoms with Crippen molar-refractivity contribution in [3.8, 4) is 0 Å². The summed E-state index contributed by atoms with van der Waals surface area (Å²) in [6.45, 7) is 1.31. The van der Waals surface area contributed by atoms with Crippen molar-refractivity contribution in [2.24, 2.45) is 0 Å². The molecular formula is C3H4O4S. The molecule has 0 spiro atoms. The molecule has 1 saturated heterocycles. The number of ketones is 1. The maximum atomic E-state index is 10.2. The molecule has 0 aliphatic carbocycles. The van der Waals surface area contributed by atoms with Gasteiger partial charge in [0.15, 0.2) is 5.78 Å². The minimum Gasteiger partial charge on any atom is -0.294 e. The summed E-state index contributed by atoms with van der Waals surface area (Å²) in [6.07, 6.45) is -0.879. The molecule has 1 rings (SSSR count). The summed E-state index contributed by atoms with van der Waals surface area (Å²) in [5, 5.41) is 0. The molecule has 0 atom stereocenters. The van der Waals surface area contributed by atoms with E-state index in [0.29, 0.717) is 0 Å². The summed E-state index contributed by atoms with van der Waals surface area (Å²) in [5.74, 6) is -0.260. The van der Waals surface area contributed by atoms with Gasteiger partial charge < -0.3 is 0 Å². The van der Waals surface area contributed by atoms with Crippen molar-refractivity contribution in [1.82, 2.24) is 0 Å². The normalized spacial score (nSPS) is 36.1. The summed E-state index contributed by atoms with van der Waals surface area (Å²) in [5.41, 5.74) is 0. The Hall–Kier alpha value is -0.260. The second-order valence-electron chi connectivity index (χ2n) is 1.34. The molecule has 1 fully saturated rings. The molecule has 0 unspecified atom stereocenters. The van der Waals surface area contributed by atoms with Crippen molar-refractivity contribution in [3.05, 3.63) is 0 Å². The number of carbonyl (C=O) groups is 1. The maximum Gasteiger partial charge on any atom is 0.310 e. The van der Waals surface area contributed by atoms with Gasteiger partial charge in [-0.2, -0.15) is 4.21 Å². The lowest BCUT2D eigenvalue weighted by molar-refractivity contribution is -0.145. The summed E-state index contributed by atoms with van der Waals surface area (Å²) in [6, 6.07) is 0. The molecule has 1 aliphatic heterocycles. The topological polar surface area (TPSA) is 52.6 Å². The van der Waals surface area contributed by atoms with Gasteiger partial charge in [0.05, 0.1) is 0 Å². The lowest BCUT2D eigenvalue weighted by Crippen LogP contribution is -2.36. The summed E-state index contributed by atoms with van der Waals surface area (Å²) >= 11 is -1.66. The molecule has 4 nitrogen and oxygen atoms in total. The number of rotatable bonds is 1. The van der Waals surface area contributed by atoms with Gasteiger partial charge in [0.1, 0.15) is 0 Å². The van der Waals surface area contributed by atoms with E-state index in [1.165, 1.54) is 6.92 Å². The smallest absolute Gasteiger partial charge is 0.294 e. The van der Waals surface area contributed by atoms with Crippen LogP contribution in [0.1, 0.15) is 6.92 Å². The third-order valence-corrected chi connectivity index (χ3v) is 1.33. The van der Waals surface area contributed by atoms with Gasteiger partial charge in [0, 0.05) is 0 Å². The second-order valence-corrected chi connectivity index (χ2v) is 2.13. The van der Waals surface area contributed by atoms with Crippen LogP contribution in [-0.2, 0) is 24.5 Å². The Kier molecular flexibility index (Phi) is 1.41. The Morgan fingerprint density at radius 1 is 1.62 bits per heavy atom. The van der Waals surface area contributed by atoms with Crippen LogP contribution in [0.4, 0.5) is 0 Å². The predicted molar refractivity (Wildman–Crippen MR) is 24.8 cm³/mol. The molecule has 0 N–H and O–H groups in total. The van der Waals surface area contributed by atoms with E-state index in [9.17, 15) is 9.00 Å². The first-order valence-electron chi connectivity index (χ1n) is 1.96. The third-order valence-electron chi connectivity index (χ3n) is 0.664. The maximum absolute atomic E-state index is 10.2. The van der Waals surface area contributed by atoms with Gasteiger partial charge >= 0.3 is 11.4 Å². The Balaban J connectivity index is 2.35. The molecule has 0 aromatic rings. The Morgan fingerprint density at radius 2 is 2.12 bits per heavy atom. The fraction of sp³-hybridized carbons (Fsp3) is 0.667. The predicted octanol–water partition coefficient (Wildman–Crippen LogP) is -0.473. The van der Waals surface area contributed by atoms with Gasteiger partial charge in [0.2, 0.25) is 0 Å². The van der Waals surface area contributed by atoms with E-state index in [1.807, 2.05) is 0 Å². The first kappa shape index (κ1) is 5.87. The average molecular weight is 136 g/mol. The lowest BCUT2D eigenvalue weighted by atomic mass is 10.4. The largest absolute Gasteiger partial charge is 0.310 e. The number of hydrogen-bond acceptors (Lipinski definition) is 4.